The van der Waals surface area contributed by atoms with Crippen molar-refractivity contribution in [1.82, 2.24) is 19.7 Å². The Labute approximate surface area is 151 Å². The molecular formula is C17H21ClN4OS. The van der Waals surface area contributed by atoms with Crippen LogP contribution in [0, 0.1) is 12.8 Å². The first-order valence-corrected chi connectivity index (χ1v) is 9.48. The quantitative estimate of drug-likeness (QED) is 0.778. The summed E-state index contributed by atoms with van der Waals surface area (Å²) in [5.41, 5.74) is 1.93. The van der Waals surface area contributed by atoms with Gasteiger partial charge in [0, 0.05) is 18.1 Å². The van der Waals surface area contributed by atoms with Crippen LogP contribution in [-0.2, 0) is 4.79 Å². The largest absolute Gasteiger partial charge is 0.342 e. The third-order valence-electron chi connectivity index (χ3n) is 4.28. The van der Waals surface area contributed by atoms with Crippen LogP contribution >= 0.6 is 23.4 Å². The number of hydrogen-bond donors (Lipinski definition) is 0. The highest BCUT2D eigenvalue weighted by Gasteiger charge is 2.21. The number of piperidine rings is 1. The number of benzene rings is 1. The average Bonchev–Trinajstić information content (AvgIpc) is 3.03. The number of amides is 1. The number of carbonyl (C=O) groups is 1. The van der Waals surface area contributed by atoms with Crippen LogP contribution in [0.2, 0.25) is 5.02 Å². The fraction of sp³-hybridized carbons (Fsp3) is 0.471. The van der Waals surface area contributed by atoms with E-state index in [4.69, 9.17) is 11.6 Å². The van der Waals surface area contributed by atoms with E-state index < -0.39 is 0 Å². The zero-order valence-corrected chi connectivity index (χ0v) is 15.5. The van der Waals surface area contributed by atoms with Crippen molar-refractivity contribution >= 4 is 29.3 Å². The minimum absolute atomic E-state index is 0.169. The molecule has 1 aliphatic rings. The highest BCUT2D eigenvalue weighted by molar-refractivity contribution is 7.99. The van der Waals surface area contributed by atoms with E-state index in [0.29, 0.717) is 21.8 Å². The number of carbonyl (C=O) groups excluding carboxylic acids is 1. The number of aromatic nitrogens is 3. The summed E-state index contributed by atoms with van der Waals surface area (Å²) >= 11 is 7.62. The van der Waals surface area contributed by atoms with Crippen molar-refractivity contribution in [2.75, 3.05) is 18.8 Å². The lowest BCUT2D eigenvalue weighted by atomic mass is 10.0. The zero-order chi connectivity index (χ0) is 17.1. The first-order valence-electron chi connectivity index (χ1n) is 8.11. The number of thioether (sulfide) groups is 1. The summed E-state index contributed by atoms with van der Waals surface area (Å²) in [6.07, 6.45) is 3.95. The standard InChI is InChI=1S/C17H21ClN4OS/c1-12-4-3-7-21(9-12)16(23)10-24-17-20-19-11-22(17)14-6-5-13(2)15(18)8-14/h5-6,8,11-12H,3-4,7,9-10H2,1-2H3. The SMILES string of the molecule is Cc1ccc(-n2cnnc2SCC(=O)N2CCCC(C)C2)cc1Cl. The molecular weight excluding hydrogens is 344 g/mol. The predicted molar refractivity (Wildman–Crippen MR) is 96.8 cm³/mol. The van der Waals surface area contributed by atoms with Gasteiger partial charge in [0.1, 0.15) is 6.33 Å². The van der Waals surface area contributed by atoms with Crippen molar-refractivity contribution in [1.29, 1.82) is 0 Å². The summed E-state index contributed by atoms with van der Waals surface area (Å²) in [5, 5.41) is 9.52. The molecule has 1 saturated heterocycles. The van der Waals surface area contributed by atoms with Crippen LogP contribution in [0.1, 0.15) is 25.3 Å². The second-order valence-electron chi connectivity index (χ2n) is 6.29. The summed E-state index contributed by atoms with van der Waals surface area (Å²) in [6.45, 7) is 5.89. The van der Waals surface area contributed by atoms with Crippen molar-refractivity contribution in [2.24, 2.45) is 5.92 Å². The normalized spacial score (nSPS) is 18.0. The van der Waals surface area contributed by atoms with Gasteiger partial charge >= 0.3 is 0 Å². The van der Waals surface area contributed by atoms with Gasteiger partial charge in [0.2, 0.25) is 5.91 Å². The van der Waals surface area contributed by atoms with E-state index in [9.17, 15) is 4.79 Å². The summed E-state index contributed by atoms with van der Waals surface area (Å²) in [4.78, 5) is 14.4. The summed E-state index contributed by atoms with van der Waals surface area (Å²) in [6, 6.07) is 5.83. The molecule has 1 aromatic heterocycles. The molecule has 1 atom stereocenters. The topological polar surface area (TPSA) is 51.0 Å². The van der Waals surface area contributed by atoms with E-state index in [0.717, 1.165) is 30.8 Å². The number of hydrogen-bond acceptors (Lipinski definition) is 4. The minimum atomic E-state index is 0.169. The summed E-state index contributed by atoms with van der Waals surface area (Å²) in [7, 11) is 0. The Kier molecular flexibility index (Phi) is 5.46. The van der Waals surface area contributed by atoms with Crippen molar-refractivity contribution in [3.8, 4) is 5.69 Å². The maximum atomic E-state index is 12.4. The van der Waals surface area contributed by atoms with Crippen molar-refractivity contribution in [3.05, 3.63) is 35.1 Å². The molecule has 1 unspecified atom stereocenters. The van der Waals surface area contributed by atoms with Gasteiger partial charge in [-0.25, -0.2) is 0 Å². The molecule has 0 aliphatic carbocycles. The van der Waals surface area contributed by atoms with Gasteiger partial charge in [-0.1, -0.05) is 36.4 Å². The Hall–Kier alpha value is -1.53. The Morgan fingerprint density at radius 2 is 2.29 bits per heavy atom. The monoisotopic (exact) mass is 364 g/mol. The third kappa shape index (κ3) is 3.92. The Bertz CT molecular complexity index is 733. The van der Waals surface area contributed by atoms with Gasteiger partial charge in [-0.15, -0.1) is 10.2 Å². The zero-order valence-electron chi connectivity index (χ0n) is 13.9. The maximum absolute atomic E-state index is 12.4. The Morgan fingerprint density at radius 3 is 3.04 bits per heavy atom. The van der Waals surface area contributed by atoms with Gasteiger partial charge in [0.05, 0.1) is 11.4 Å². The van der Waals surface area contributed by atoms with Crippen LogP contribution in [0.4, 0.5) is 0 Å². The second-order valence-corrected chi connectivity index (χ2v) is 7.64. The molecule has 3 rings (SSSR count). The number of rotatable bonds is 4. The van der Waals surface area contributed by atoms with Gasteiger partial charge in [-0.2, -0.15) is 0 Å². The van der Waals surface area contributed by atoms with E-state index in [1.165, 1.54) is 18.2 Å². The molecule has 1 amide bonds. The predicted octanol–water partition coefficient (Wildman–Crippen LogP) is 3.58. The van der Waals surface area contributed by atoms with Crippen LogP contribution in [-0.4, -0.2) is 44.4 Å². The molecule has 1 aromatic carbocycles. The van der Waals surface area contributed by atoms with Crippen LogP contribution in [0.5, 0.6) is 0 Å². The van der Waals surface area contributed by atoms with E-state index >= 15 is 0 Å². The maximum Gasteiger partial charge on any atom is 0.233 e. The smallest absolute Gasteiger partial charge is 0.233 e. The molecule has 7 heteroatoms. The lowest BCUT2D eigenvalue weighted by Gasteiger charge is -2.30. The number of nitrogens with zero attached hydrogens (tertiary/aromatic N) is 4. The van der Waals surface area contributed by atoms with Crippen LogP contribution < -0.4 is 0 Å². The van der Waals surface area contributed by atoms with E-state index in [1.54, 1.807) is 6.33 Å². The van der Waals surface area contributed by atoms with Crippen molar-refractivity contribution < 1.29 is 4.79 Å². The fourth-order valence-electron chi connectivity index (χ4n) is 2.87. The second kappa shape index (κ2) is 7.57. The van der Waals surface area contributed by atoms with E-state index in [1.807, 2.05) is 34.6 Å². The summed E-state index contributed by atoms with van der Waals surface area (Å²) in [5.74, 6) is 1.14. The lowest BCUT2D eigenvalue weighted by molar-refractivity contribution is -0.130. The van der Waals surface area contributed by atoms with E-state index in [2.05, 4.69) is 17.1 Å². The lowest BCUT2D eigenvalue weighted by Crippen LogP contribution is -2.40. The van der Waals surface area contributed by atoms with Crippen LogP contribution in [0.15, 0.2) is 29.7 Å². The molecule has 24 heavy (non-hydrogen) atoms. The van der Waals surface area contributed by atoms with Crippen molar-refractivity contribution in [2.45, 2.75) is 31.8 Å². The number of halogens is 1. The molecule has 0 radical (unpaired) electrons. The Morgan fingerprint density at radius 1 is 1.46 bits per heavy atom. The molecule has 1 aliphatic heterocycles. The number of likely N-dealkylation sites (tertiary alicyclic amines) is 1. The van der Waals surface area contributed by atoms with Gasteiger partial charge in [-0.3, -0.25) is 9.36 Å². The number of aryl methyl sites for hydroxylation is 1. The van der Waals surface area contributed by atoms with Crippen LogP contribution in [0.3, 0.4) is 0 Å². The van der Waals surface area contributed by atoms with Gasteiger partial charge in [0.15, 0.2) is 5.16 Å². The van der Waals surface area contributed by atoms with E-state index in [-0.39, 0.29) is 5.91 Å². The molecule has 2 heterocycles. The molecule has 0 spiro atoms. The first-order chi connectivity index (χ1) is 11.5. The molecule has 0 N–H and O–H groups in total. The van der Waals surface area contributed by atoms with Crippen molar-refractivity contribution in [3.63, 3.8) is 0 Å². The molecule has 5 nitrogen and oxygen atoms in total. The Balaban J connectivity index is 1.67. The van der Waals surface area contributed by atoms with Gasteiger partial charge in [0.25, 0.3) is 0 Å². The third-order valence-corrected chi connectivity index (χ3v) is 5.62. The van der Waals surface area contributed by atoms with Gasteiger partial charge in [-0.05, 0) is 43.4 Å². The molecule has 0 saturated carbocycles. The highest BCUT2D eigenvalue weighted by atomic mass is 35.5. The van der Waals surface area contributed by atoms with Gasteiger partial charge < -0.3 is 4.90 Å². The molecule has 128 valence electrons. The minimum Gasteiger partial charge on any atom is -0.342 e. The molecule has 2 aromatic rings. The highest BCUT2D eigenvalue weighted by Crippen LogP contribution is 2.24. The molecule has 0 bridgehead atoms. The first kappa shape index (κ1) is 17.3. The summed E-state index contributed by atoms with van der Waals surface area (Å²) < 4.78 is 1.86. The molecule has 1 fully saturated rings. The average molecular weight is 365 g/mol. The fourth-order valence-corrected chi connectivity index (χ4v) is 3.87. The van der Waals surface area contributed by atoms with Crippen LogP contribution in [0.25, 0.3) is 5.69 Å².